The number of aromatic amines is 1. The van der Waals surface area contributed by atoms with E-state index in [0.29, 0.717) is 37.1 Å². The highest BCUT2D eigenvalue weighted by molar-refractivity contribution is 5.94. The van der Waals surface area contributed by atoms with E-state index in [9.17, 15) is 14.3 Å². The summed E-state index contributed by atoms with van der Waals surface area (Å²) in [6.45, 7) is 6.38. The van der Waals surface area contributed by atoms with E-state index < -0.39 is 17.0 Å². The van der Waals surface area contributed by atoms with Gasteiger partial charge in [-0.2, -0.15) is 5.10 Å². The Morgan fingerprint density at radius 2 is 2.11 bits per heavy atom. The fourth-order valence-electron chi connectivity index (χ4n) is 5.83. The number of pyridine rings is 1. The summed E-state index contributed by atoms with van der Waals surface area (Å²) in [4.78, 5) is 17.2. The van der Waals surface area contributed by atoms with Gasteiger partial charge in [0.1, 0.15) is 5.82 Å². The Balaban J connectivity index is 1.87. The summed E-state index contributed by atoms with van der Waals surface area (Å²) in [6.07, 6.45) is 3.10. The molecule has 1 saturated carbocycles. The fourth-order valence-corrected chi connectivity index (χ4v) is 5.83. The van der Waals surface area contributed by atoms with Crippen LogP contribution in [0.25, 0.3) is 27.8 Å². The number of carboxylic acid groups (broad SMARTS) is 1. The lowest BCUT2D eigenvalue weighted by molar-refractivity contribution is -0.161. The smallest absolute Gasteiger partial charge is 0.335 e. The molecule has 36 heavy (non-hydrogen) atoms. The number of halogens is 1. The molecule has 0 bridgehead atoms. The Morgan fingerprint density at radius 3 is 2.75 bits per heavy atom. The number of nitrogens with one attached hydrogen (secondary N) is 1. The molecule has 1 fully saturated rings. The SMILES string of the molecule is COCC(C)(C)c1c([C@@H]2CC[C@@](OC)(C(=O)O)C2)c2nc3[nH]ncc3cc2n1-c1ccc(F)c(C)c1. The Hall–Kier alpha value is -3.30. The zero-order valence-corrected chi connectivity index (χ0v) is 21.2. The largest absolute Gasteiger partial charge is 0.479 e. The van der Waals surface area contributed by atoms with Crippen molar-refractivity contribution < 1.29 is 23.8 Å². The zero-order chi connectivity index (χ0) is 25.8. The van der Waals surface area contributed by atoms with Crippen LogP contribution in [0.1, 0.15) is 55.8 Å². The number of hydrogen-bond donors (Lipinski definition) is 2. The van der Waals surface area contributed by atoms with Gasteiger partial charge in [0.05, 0.1) is 23.8 Å². The van der Waals surface area contributed by atoms with Gasteiger partial charge in [0.15, 0.2) is 11.2 Å². The zero-order valence-electron chi connectivity index (χ0n) is 21.2. The highest BCUT2D eigenvalue weighted by atomic mass is 19.1. The van der Waals surface area contributed by atoms with E-state index in [0.717, 1.165) is 33.4 Å². The molecule has 2 N–H and O–H groups in total. The predicted octanol–water partition coefficient (Wildman–Crippen LogP) is 5.01. The minimum absolute atomic E-state index is 0.106. The van der Waals surface area contributed by atoms with Gasteiger partial charge in [0.25, 0.3) is 0 Å². The van der Waals surface area contributed by atoms with E-state index in [-0.39, 0.29) is 11.7 Å². The number of fused-ring (bicyclic) bond motifs is 2. The molecule has 0 aliphatic heterocycles. The van der Waals surface area contributed by atoms with Crippen molar-refractivity contribution in [2.45, 2.75) is 57.0 Å². The van der Waals surface area contributed by atoms with E-state index in [1.807, 2.05) is 12.1 Å². The number of methoxy groups -OCH3 is 2. The molecule has 1 aliphatic carbocycles. The number of ether oxygens (including phenoxy) is 2. The third kappa shape index (κ3) is 3.69. The Morgan fingerprint density at radius 1 is 1.33 bits per heavy atom. The predicted molar refractivity (Wildman–Crippen MR) is 134 cm³/mol. The topological polar surface area (TPSA) is 102 Å². The molecule has 0 saturated heterocycles. The Kier molecular flexibility index (Phi) is 5.88. The summed E-state index contributed by atoms with van der Waals surface area (Å²) in [6, 6.07) is 7.10. The molecule has 1 aromatic carbocycles. The molecule has 1 aliphatic rings. The van der Waals surface area contributed by atoms with Crippen molar-refractivity contribution in [3.63, 3.8) is 0 Å². The summed E-state index contributed by atoms with van der Waals surface area (Å²) < 4.78 is 27.6. The second-order valence-electron chi connectivity index (χ2n) is 10.5. The van der Waals surface area contributed by atoms with Crippen LogP contribution in [0.4, 0.5) is 4.39 Å². The molecular formula is C27H31FN4O4. The number of rotatable bonds is 7. The summed E-state index contributed by atoms with van der Waals surface area (Å²) in [7, 11) is 3.13. The van der Waals surface area contributed by atoms with Crippen LogP contribution in [-0.2, 0) is 19.7 Å². The molecule has 0 radical (unpaired) electrons. The molecule has 2 atom stereocenters. The lowest BCUT2D eigenvalue weighted by atomic mass is 9.82. The second kappa shape index (κ2) is 8.67. The standard InChI is InChI=1S/C27H31FN4O4/c1-15-10-18(6-7-19(15)28)32-20-11-17-13-29-31-24(17)30-22(20)21(23(32)26(2,3)14-35-4)16-8-9-27(12-16,36-5)25(33)34/h6-7,10-11,13,16H,8-9,12,14H2,1-5H3,(H,33,34)(H,29,30,31)/t16-,27+/m1/s1. The van der Waals surface area contributed by atoms with Crippen LogP contribution in [-0.4, -0.2) is 57.3 Å². The molecule has 4 aromatic rings. The number of aromatic nitrogens is 4. The molecule has 0 unspecified atom stereocenters. The maximum absolute atomic E-state index is 14.3. The van der Waals surface area contributed by atoms with Gasteiger partial charge >= 0.3 is 5.97 Å². The fraction of sp³-hybridized carbons (Fsp3) is 0.444. The van der Waals surface area contributed by atoms with Crippen LogP contribution in [0.2, 0.25) is 0 Å². The number of hydrogen-bond acceptors (Lipinski definition) is 5. The van der Waals surface area contributed by atoms with Crippen molar-refractivity contribution in [2.24, 2.45) is 0 Å². The number of aryl methyl sites for hydroxylation is 1. The first-order valence-corrected chi connectivity index (χ1v) is 12.0. The number of aliphatic carboxylic acids is 1. The average Bonchev–Trinajstić information content (AvgIpc) is 3.55. The van der Waals surface area contributed by atoms with Gasteiger partial charge in [-0.25, -0.2) is 14.2 Å². The van der Waals surface area contributed by atoms with E-state index in [4.69, 9.17) is 14.5 Å². The third-order valence-electron chi connectivity index (χ3n) is 7.59. The first-order chi connectivity index (χ1) is 17.1. The van der Waals surface area contributed by atoms with Gasteiger partial charge < -0.3 is 19.1 Å². The summed E-state index contributed by atoms with van der Waals surface area (Å²) in [5.41, 5.74) is 3.86. The number of H-pyrrole nitrogens is 1. The van der Waals surface area contributed by atoms with Crippen LogP contribution in [0.5, 0.6) is 0 Å². The van der Waals surface area contributed by atoms with E-state index in [1.165, 1.54) is 13.2 Å². The monoisotopic (exact) mass is 494 g/mol. The molecule has 0 amide bonds. The van der Waals surface area contributed by atoms with Gasteiger partial charge in [-0.1, -0.05) is 13.8 Å². The van der Waals surface area contributed by atoms with E-state index >= 15 is 0 Å². The summed E-state index contributed by atoms with van der Waals surface area (Å²) in [5, 5.41) is 18.0. The van der Waals surface area contributed by atoms with Crippen molar-refractivity contribution >= 4 is 28.0 Å². The first kappa shape index (κ1) is 24.4. The first-order valence-electron chi connectivity index (χ1n) is 12.0. The van der Waals surface area contributed by atoms with Crippen LogP contribution in [0.3, 0.4) is 0 Å². The minimum Gasteiger partial charge on any atom is -0.479 e. The summed E-state index contributed by atoms with van der Waals surface area (Å²) in [5.74, 6) is -1.33. The minimum atomic E-state index is -1.24. The Labute approximate surface area is 208 Å². The number of nitrogens with zero attached hydrogens (tertiary/aromatic N) is 3. The van der Waals surface area contributed by atoms with Crippen molar-refractivity contribution in [1.82, 2.24) is 19.7 Å². The normalized spacial score (nSPS) is 20.6. The molecule has 3 aromatic heterocycles. The highest BCUT2D eigenvalue weighted by Gasteiger charge is 2.48. The average molecular weight is 495 g/mol. The van der Waals surface area contributed by atoms with Gasteiger partial charge in [-0.3, -0.25) is 5.10 Å². The van der Waals surface area contributed by atoms with Crippen LogP contribution >= 0.6 is 0 Å². The molecule has 8 nitrogen and oxygen atoms in total. The maximum atomic E-state index is 14.3. The Bertz CT molecular complexity index is 1470. The van der Waals surface area contributed by atoms with Gasteiger partial charge in [-0.15, -0.1) is 0 Å². The molecule has 0 spiro atoms. The molecule has 9 heteroatoms. The van der Waals surface area contributed by atoms with Gasteiger partial charge in [-0.05, 0) is 61.9 Å². The molecule has 190 valence electrons. The number of carboxylic acids is 1. The van der Waals surface area contributed by atoms with Crippen molar-refractivity contribution in [2.75, 3.05) is 20.8 Å². The van der Waals surface area contributed by atoms with E-state index in [2.05, 4.69) is 28.6 Å². The quantitative estimate of drug-likeness (QED) is 0.374. The lowest BCUT2D eigenvalue weighted by Gasteiger charge is -2.30. The second-order valence-corrected chi connectivity index (χ2v) is 10.5. The van der Waals surface area contributed by atoms with Crippen LogP contribution in [0.15, 0.2) is 30.5 Å². The van der Waals surface area contributed by atoms with Crippen LogP contribution in [0, 0.1) is 12.7 Å². The molecular weight excluding hydrogens is 463 g/mol. The number of carbonyl (C=O) groups is 1. The lowest BCUT2D eigenvalue weighted by Crippen LogP contribution is -2.38. The van der Waals surface area contributed by atoms with Crippen molar-refractivity contribution in [1.29, 1.82) is 0 Å². The number of benzene rings is 1. The van der Waals surface area contributed by atoms with Gasteiger partial charge in [0.2, 0.25) is 0 Å². The molecule has 3 heterocycles. The van der Waals surface area contributed by atoms with Crippen molar-refractivity contribution in [3.05, 3.63) is 53.1 Å². The third-order valence-corrected chi connectivity index (χ3v) is 7.59. The summed E-state index contributed by atoms with van der Waals surface area (Å²) >= 11 is 0. The highest BCUT2D eigenvalue weighted by Crippen LogP contribution is 2.49. The maximum Gasteiger partial charge on any atom is 0.335 e. The van der Waals surface area contributed by atoms with Gasteiger partial charge in [0, 0.05) is 42.0 Å². The molecule has 5 rings (SSSR count). The van der Waals surface area contributed by atoms with Crippen LogP contribution < -0.4 is 0 Å². The van der Waals surface area contributed by atoms with Crippen molar-refractivity contribution in [3.8, 4) is 5.69 Å². The van der Waals surface area contributed by atoms with E-state index in [1.54, 1.807) is 26.3 Å².